The Morgan fingerprint density at radius 1 is 0.659 bits per heavy atom. The van der Waals surface area contributed by atoms with Crippen molar-refractivity contribution in [2.24, 2.45) is 0 Å². The normalized spacial score (nSPS) is 12.1. The molecular weight excluding hydrogens is 556 g/mol. The van der Waals surface area contributed by atoms with Crippen molar-refractivity contribution in [2.45, 2.75) is 32.2 Å². The van der Waals surface area contributed by atoms with E-state index in [4.69, 9.17) is 0 Å². The Kier molecular flexibility index (Phi) is 8.70. The van der Waals surface area contributed by atoms with Crippen LogP contribution >= 0.6 is 0 Å². The smallest absolute Gasteiger partial charge is 0.429 e. The second-order valence-corrected chi connectivity index (χ2v) is 9.02. The standard InChI is InChI=1S/C31H22F8O2/c1-2-3-19-4-6-20(7-5-19)22-9-8-21(26(32)16-22)14-15-30(35,36)40-24-11-12-25(27(33)18-24)23-10-13-29(28(34)17-23)41-31(37,38)39/h4-18H,2-3H2,1H3. The van der Waals surface area contributed by atoms with Gasteiger partial charge in [0.1, 0.15) is 17.4 Å². The van der Waals surface area contributed by atoms with Gasteiger partial charge in [0, 0.05) is 23.3 Å². The van der Waals surface area contributed by atoms with Crippen molar-refractivity contribution in [3.8, 4) is 33.8 Å². The molecule has 0 saturated heterocycles. The van der Waals surface area contributed by atoms with Crippen LogP contribution in [0.15, 0.2) is 84.9 Å². The fourth-order valence-corrected chi connectivity index (χ4v) is 4.04. The maximum atomic E-state index is 14.7. The van der Waals surface area contributed by atoms with E-state index < -0.39 is 41.4 Å². The molecule has 0 aliphatic rings. The van der Waals surface area contributed by atoms with E-state index in [0.717, 1.165) is 48.2 Å². The zero-order valence-corrected chi connectivity index (χ0v) is 21.4. The van der Waals surface area contributed by atoms with Crippen LogP contribution in [0.4, 0.5) is 35.1 Å². The molecule has 0 heterocycles. The van der Waals surface area contributed by atoms with Gasteiger partial charge in [0.05, 0.1) is 0 Å². The van der Waals surface area contributed by atoms with E-state index in [9.17, 15) is 35.1 Å². The summed E-state index contributed by atoms with van der Waals surface area (Å²) in [6.07, 6.45) is -6.03. The van der Waals surface area contributed by atoms with E-state index in [1.165, 1.54) is 12.1 Å². The van der Waals surface area contributed by atoms with Crippen LogP contribution in [-0.2, 0) is 6.42 Å². The molecule has 0 bridgehead atoms. The number of halogens is 8. The number of hydrogen-bond acceptors (Lipinski definition) is 2. The Hall–Kier alpha value is -4.34. The molecule has 0 amide bonds. The second-order valence-electron chi connectivity index (χ2n) is 9.02. The Labute approximate surface area is 230 Å². The quantitative estimate of drug-likeness (QED) is 0.184. The van der Waals surface area contributed by atoms with Crippen molar-refractivity contribution < 1.29 is 44.6 Å². The largest absolute Gasteiger partial charge is 0.573 e. The van der Waals surface area contributed by atoms with Crippen molar-refractivity contribution in [1.29, 1.82) is 0 Å². The van der Waals surface area contributed by atoms with Gasteiger partial charge < -0.3 is 9.47 Å². The molecule has 0 atom stereocenters. The molecule has 4 rings (SSSR count). The van der Waals surface area contributed by atoms with E-state index in [0.29, 0.717) is 29.8 Å². The average molecular weight is 578 g/mol. The highest BCUT2D eigenvalue weighted by Gasteiger charge is 2.32. The second kappa shape index (κ2) is 12.0. The molecule has 4 aromatic carbocycles. The molecule has 214 valence electrons. The summed E-state index contributed by atoms with van der Waals surface area (Å²) < 4.78 is 117. The van der Waals surface area contributed by atoms with Gasteiger partial charge in [-0.05, 0) is 65.1 Å². The van der Waals surface area contributed by atoms with Gasteiger partial charge in [0.25, 0.3) is 0 Å². The molecule has 2 nitrogen and oxygen atoms in total. The first kappa shape index (κ1) is 29.6. The van der Waals surface area contributed by atoms with Crippen LogP contribution in [-0.4, -0.2) is 12.5 Å². The van der Waals surface area contributed by atoms with Gasteiger partial charge in [0.2, 0.25) is 0 Å². The molecule has 41 heavy (non-hydrogen) atoms. The van der Waals surface area contributed by atoms with Gasteiger partial charge >= 0.3 is 12.5 Å². The topological polar surface area (TPSA) is 18.5 Å². The minimum absolute atomic E-state index is 0.124. The molecule has 10 heteroatoms. The highest BCUT2D eigenvalue weighted by Crippen LogP contribution is 2.33. The minimum atomic E-state index is -5.12. The molecule has 0 aliphatic heterocycles. The SMILES string of the molecule is CCCc1ccc(-c2ccc(C=CC(F)(F)Oc3ccc(-c4ccc(OC(F)(F)F)c(F)c4)c(F)c3)c(F)c2)cc1. The van der Waals surface area contributed by atoms with E-state index in [2.05, 4.69) is 16.4 Å². The predicted octanol–water partition coefficient (Wildman–Crippen LogP) is 9.97. The third-order valence-corrected chi connectivity index (χ3v) is 5.95. The van der Waals surface area contributed by atoms with E-state index in [1.807, 2.05) is 24.3 Å². The monoisotopic (exact) mass is 578 g/mol. The van der Waals surface area contributed by atoms with Crippen LogP contribution in [0.2, 0.25) is 0 Å². The van der Waals surface area contributed by atoms with E-state index >= 15 is 0 Å². The van der Waals surface area contributed by atoms with Gasteiger partial charge in [-0.15, -0.1) is 13.2 Å². The lowest BCUT2D eigenvalue weighted by atomic mass is 10.0. The van der Waals surface area contributed by atoms with Crippen LogP contribution in [0, 0.1) is 17.5 Å². The zero-order valence-electron chi connectivity index (χ0n) is 21.4. The van der Waals surface area contributed by atoms with Crippen molar-refractivity contribution in [2.75, 3.05) is 0 Å². The summed E-state index contributed by atoms with van der Waals surface area (Å²) in [7, 11) is 0. The summed E-state index contributed by atoms with van der Waals surface area (Å²) in [5.74, 6) is -4.95. The third kappa shape index (κ3) is 7.87. The summed E-state index contributed by atoms with van der Waals surface area (Å²) in [5.41, 5.74) is 1.92. The zero-order chi connectivity index (χ0) is 29.8. The molecular formula is C31H22F8O2. The summed E-state index contributed by atoms with van der Waals surface area (Å²) >= 11 is 0. The van der Waals surface area contributed by atoms with Crippen molar-refractivity contribution in [3.63, 3.8) is 0 Å². The van der Waals surface area contributed by atoms with Crippen LogP contribution < -0.4 is 9.47 Å². The van der Waals surface area contributed by atoms with E-state index in [1.54, 1.807) is 6.07 Å². The Morgan fingerprint density at radius 2 is 1.32 bits per heavy atom. The molecule has 0 spiro atoms. The summed E-state index contributed by atoms with van der Waals surface area (Å²) in [6, 6.07) is 16.6. The summed E-state index contributed by atoms with van der Waals surface area (Å²) in [5, 5.41) is 0. The Morgan fingerprint density at radius 3 is 1.93 bits per heavy atom. The van der Waals surface area contributed by atoms with Crippen molar-refractivity contribution in [3.05, 3.63) is 114 Å². The maximum Gasteiger partial charge on any atom is 0.573 e. The first-order valence-corrected chi connectivity index (χ1v) is 12.3. The number of ether oxygens (including phenoxy) is 2. The molecule has 4 aromatic rings. The molecule has 0 fully saturated rings. The first-order chi connectivity index (χ1) is 19.3. The van der Waals surface area contributed by atoms with Gasteiger partial charge in [-0.3, -0.25) is 0 Å². The maximum absolute atomic E-state index is 14.7. The highest BCUT2D eigenvalue weighted by molar-refractivity contribution is 5.67. The van der Waals surface area contributed by atoms with Crippen LogP contribution in [0.3, 0.4) is 0 Å². The molecule has 0 aromatic heterocycles. The first-order valence-electron chi connectivity index (χ1n) is 12.3. The van der Waals surface area contributed by atoms with Crippen LogP contribution in [0.5, 0.6) is 11.5 Å². The number of benzene rings is 4. The molecule has 0 N–H and O–H groups in total. The minimum Gasteiger partial charge on any atom is -0.429 e. The van der Waals surface area contributed by atoms with Crippen molar-refractivity contribution >= 4 is 6.08 Å². The van der Waals surface area contributed by atoms with Crippen molar-refractivity contribution in [1.82, 2.24) is 0 Å². The van der Waals surface area contributed by atoms with Gasteiger partial charge in [-0.2, -0.15) is 8.78 Å². The Balaban J connectivity index is 1.45. The lowest BCUT2D eigenvalue weighted by molar-refractivity contribution is -0.275. The lowest BCUT2D eigenvalue weighted by Gasteiger charge is -2.15. The molecule has 0 radical (unpaired) electrons. The highest BCUT2D eigenvalue weighted by atomic mass is 19.4. The number of aryl methyl sites for hydroxylation is 1. The van der Waals surface area contributed by atoms with Crippen LogP contribution in [0.1, 0.15) is 24.5 Å². The number of hydrogen-bond donors (Lipinski definition) is 0. The fourth-order valence-electron chi connectivity index (χ4n) is 4.04. The fraction of sp³-hybridized carbons (Fsp3) is 0.161. The summed E-state index contributed by atoms with van der Waals surface area (Å²) in [4.78, 5) is 0. The predicted molar refractivity (Wildman–Crippen MR) is 139 cm³/mol. The van der Waals surface area contributed by atoms with Gasteiger partial charge in [-0.25, -0.2) is 13.2 Å². The number of rotatable bonds is 9. The summed E-state index contributed by atoms with van der Waals surface area (Å²) in [6.45, 7) is 2.06. The van der Waals surface area contributed by atoms with Crippen LogP contribution in [0.25, 0.3) is 28.3 Å². The van der Waals surface area contributed by atoms with Gasteiger partial charge in [0.15, 0.2) is 11.6 Å². The third-order valence-electron chi connectivity index (χ3n) is 5.95. The molecule has 0 aliphatic carbocycles. The lowest BCUT2D eigenvalue weighted by Crippen LogP contribution is -2.21. The number of alkyl halides is 5. The van der Waals surface area contributed by atoms with E-state index in [-0.39, 0.29) is 16.7 Å². The molecule has 0 unspecified atom stereocenters. The average Bonchev–Trinajstić information content (AvgIpc) is 2.89. The Bertz CT molecular complexity index is 1540. The molecule has 0 saturated carbocycles. The van der Waals surface area contributed by atoms with Gasteiger partial charge in [-0.1, -0.05) is 55.8 Å².